The van der Waals surface area contributed by atoms with Gasteiger partial charge in [-0.15, -0.1) is 5.11 Å². The van der Waals surface area contributed by atoms with Crippen LogP contribution in [0.4, 0.5) is 11.4 Å². The molecule has 0 saturated heterocycles. The van der Waals surface area contributed by atoms with Gasteiger partial charge in [-0.25, -0.2) is 0 Å². The minimum atomic E-state index is 0.795. The van der Waals surface area contributed by atoms with E-state index in [-0.39, 0.29) is 0 Å². The number of aryl methyl sites for hydroxylation is 1. The Kier molecular flexibility index (Phi) is 4.10. The Balaban J connectivity index is 2.19. The lowest BCUT2D eigenvalue weighted by molar-refractivity contribution is 0.415. The first-order chi connectivity index (χ1) is 8.69. The van der Waals surface area contributed by atoms with Crippen molar-refractivity contribution >= 4 is 27.3 Å². The predicted octanol–water partition coefficient (Wildman–Crippen LogP) is 5.18. The minimum absolute atomic E-state index is 0.795. The molecule has 0 N–H and O–H groups in total. The Morgan fingerprint density at radius 2 is 1.72 bits per heavy atom. The van der Waals surface area contributed by atoms with Crippen LogP contribution < -0.4 is 4.74 Å². The second kappa shape index (κ2) is 5.78. The summed E-state index contributed by atoms with van der Waals surface area (Å²) in [5.74, 6) is 0.811. The Morgan fingerprint density at radius 1 is 1.00 bits per heavy atom. The largest absolute Gasteiger partial charge is 0.497 e. The highest BCUT2D eigenvalue weighted by atomic mass is 79.9. The van der Waals surface area contributed by atoms with Crippen LogP contribution in [0, 0.1) is 6.92 Å². The van der Waals surface area contributed by atoms with E-state index in [1.807, 2.05) is 49.4 Å². The fraction of sp³-hybridized carbons (Fsp3) is 0.143. The maximum absolute atomic E-state index is 5.08. The molecule has 0 aliphatic carbocycles. The summed E-state index contributed by atoms with van der Waals surface area (Å²) in [5.41, 5.74) is 2.80. The summed E-state index contributed by atoms with van der Waals surface area (Å²) in [7, 11) is 1.64. The minimum Gasteiger partial charge on any atom is -0.497 e. The van der Waals surface area contributed by atoms with E-state index in [1.165, 1.54) is 5.56 Å². The lowest BCUT2D eigenvalue weighted by Crippen LogP contribution is -1.79. The molecule has 0 amide bonds. The van der Waals surface area contributed by atoms with Gasteiger partial charge in [-0.3, -0.25) is 0 Å². The first-order valence-corrected chi connectivity index (χ1v) is 6.30. The number of hydrogen-bond acceptors (Lipinski definition) is 3. The summed E-state index contributed by atoms with van der Waals surface area (Å²) in [6, 6.07) is 13.4. The van der Waals surface area contributed by atoms with Crippen LogP contribution in [0.25, 0.3) is 0 Å². The maximum Gasteiger partial charge on any atom is 0.119 e. The van der Waals surface area contributed by atoms with E-state index in [4.69, 9.17) is 4.74 Å². The highest BCUT2D eigenvalue weighted by Crippen LogP contribution is 2.28. The molecule has 92 valence electrons. The van der Waals surface area contributed by atoms with Gasteiger partial charge in [0.1, 0.15) is 5.75 Å². The van der Waals surface area contributed by atoms with Crippen molar-refractivity contribution in [2.45, 2.75) is 6.92 Å². The average Bonchev–Trinajstić information content (AvgIpc) is 2.38. The maximum atomic E-state index is 5.08. The lowest BCUT2D eigenvalue weighted by Gasteiger charge is -2.00. The molecule has 0 radical (unpaired) electrons. The Labute approximate surface area is 115 Å². The summed E-state index contributed by atoms with van der Waals surface area (Å²) in [4.78, 5) is 0. The quantitative estimate of drug-likeness (QED) is 0.719. The van der Waals surface area contributed by atoms with Gasteiger partial charge >= 0.3 is 0 Å². The molecule has 18 heavy (non-hydrogen) atoms. The van der Waals surface area contributed by atoms with Gasteiger partial charge in [0.15, 0.2) is 0 Å². The third kappa shape index (κ3) is 3.17. The van der Waals surface area contributed by atoms with E-state index >= 15 is 0 Å². The van der Waals surface area contributed by atoms with Crippen molar-refractivity contribution in [3.05, 3.63) is 52.5 Å². The van der Waals surface area contributed by atoms with E-state index in [0.717, 1.165) is 21.6 Å². The molecule has 2 rings (SSSR count). The molecule has 0 aromatic heterocycles. The molecule has 0 aliphatic rings. The number of benzene rings is 2. The van der Waals surface area contributed by atoms with Crippen molar-refractivity contribution in [2.75, 3.05) is 7.11 Å². The number of rotatable bonds is 3. The molecule has 0 heterocycles. The highest BCUT2D eigenvalue weighted by molar-refractivity contribution is 9.10. The average molecular weight is 305 g/mol. The zero-order valence-corrected chi connectivity index (χ0v) is 11.8. The molecule has 0 saturated carbocycles. The number of halogens is 1. The van der Waals surface area contributed by atoms with Crippen LogP contribution in [-0.2, 0) is 0 Å². The van der Waals surface area contributed by atoms with Crippen LogP contribution in [0.3, 0.4) is 0 Å². The van der Waals surface area contributed by atoms with Gasteiger partial charge in [0.25, 0.3) is 0 Å². The Hall–Kier alpha value is -1.68. The van der Waals surface area contributed by atoms with E-state index in [0.29, 0.717) is 0 Å². The zero-order chi connectivity index (χ0) is 13.0. The number of azo groups is 1. The summed E-state index contributed by atoms with van der Waals surface area (Å²) in [5, 5.41) is 8.39. The van der Waals surface area contributed by atoms with Crippen molar-refractivity contribution in [1.29, 1.82) is 0 Å². The third-order valence-electron chi connectivity index (χ3n) is 2.45. The smallest absolute Gasteiger partial charge is 0.119 e. The van der Waals surface area contributed by atoms with Crippen LogP contribution in [0.5, 0.6) is 5.75 Å². The number of hydrogen-bond donors (Lipinski definition) is 0. The van der Waals surface area contributed by atoms with E-state index in [1.54, 1.807) is 7.11 Å². The normalized spacial score (nSPS) is 10.8. The van der Waals surface area contributed by atoms with Crippen molar-refractivity contribution in [3.63, 3.8) is 0 Å². The summed E-state index contributed by atoms with van der Waals surface area (Å²) in [6.07, 6.45) is 0. The van der Waals surface area contributed by atoms with Crippen LogP contribution in [-0.4, -0.2) is 7.11 Å². The topological polar surface area (TPSA) is 34.0 Å². The van der Waals surface area contributed by atoms with Crippen LogP contribution in [0.1, 0.15) is 5.56 Å². The number of methoxy groups -OCH3 is 1. The second-order valence-electron chi connectivity index (χ2n) is 3.85. The zero-order valence-electron chi connectivity index (χ0n) is 10.2. The lowest BCUT2D eigenvalue weighted by atomic mass is 10.2. The first-order valence-electron chi connectivity index (χ1n) is 5.51. The molecular weight excluding hydrogens is 292 g/mol. The number of ether oxygens (including phenoxy) is 1. The fourth-order valence-corrected chi connectivity index (χ4v) is 2.03. The van der Waals surface area contributed by atoms with Crippen molar-refractivity contribution < 1.29 is 4.74 Å². The second-order valence-corrected chi connectivity index (χ2v) is 4.71. The summed E-state index contributed by atoms with van der Waals surface area (Å²) < 4.78 is 6.03. The molecule has 2 aromatic rings. The molecule has 4 heteroatoms. The van der Waals surface area contributed by atoms with Crippen molar-refractivity contribution in [3.8, 4) is 5.75 Å². The van der Waals surface area contributed by atoms with Crippen molar-refractivity contribution in [1.82, 2.24) is 0 Å². The van der Waals surface area contributed by atoms with E-state index in [2.05, 4.69) is 26.2 Å². The molecule has 0 bridgehead atoms. The number of nitrogens with zero attached hydrogens (tertiary/aromatic N) is 2. The fourth-order valence-electron chi connectivity index (χ4n) is 1.45. The van der Waals surface area contributed by atoms with Gasteiger partial charge in [0, 0.05) is 4.47 Å². The van der Waals surface area contributed by atoms with Gasteiger partial charge in [-0.2, -0.15) is 5.11 Å². The SMILES string of the molecule is COc1ccc(N=Nc2ccc(C)cc2Br)cc1. The third-order valence-corrected chi connectivity index (χ3v) is 3.08. The van der Waals surface area contributed by atoms with E-state index in [9.17, 15) is 0 Å². The van der Waals surface area contributed by atoms with Gasteiger partial charge in [0.2, 0.25) is 0 Å². The molecule has 0 fully saturated rings. The van der Waals surface area contributed by atoms with Gasteiger partial charge in [-0.1, -0.05) is 6.07 Å². The summed E-state index contributed by atoms with van der Waals surface area (Å²) >= 11 is 3.47. The molecule has 0 unspecified atom stereocenters. The van der Waals surface area contributed by atoms with E-state index < -0.39 is 0 Å². The Morgan fingerprint density at radius 3 is 2.33 bits per heavy atom. The monoisotopic (exact) mass is 304 g/mol. The molecule has 2 aromatic carbocycles. The van der Waals surface area contributed by atoms with Crippen molar-refractivity contribution in [2.24, 2.45) is 10.2 Å². The van der Waals surface area contributed by atoms with Crippen LogP contribution in [0.2, 0.25) is 0 Å². The standard InChI is InChI=1S/C14H13BrN2O/c1-10-3-8-14(13(15)9-10)17-16-11-4-6-12(18-2)7-5-11/h3-9H,1-2H3. The molecule has 0 aliphatic heterocycles. The highest BCUT2D eigenvalue weighted by Gasteiger charge is 1.98. The molecular formula is C14H13BrN2O. The summed E-state index contributed by atoms with van der Waals surface area (Å²) in [6.45, 7) is 2.04. The first kappa shape index (κ1) is 12.8. The van der Waals surface area contributed by atoms with Gasteiger partial charge in [-0.05, 0) is 64.8 Å². The molecule has 3 nitrogen and oxygen atoms in total. The van der Waals surface area contributed by atoms with Gasteiger partial charge in [0.05, 0.1) is 18.5 Å². The molecule has 0 atom stereocenters. The Bertz CT molecular complexity index is 565. The van der Waals surface area contributed by atoms with Crippen LogP contribution in [0.15, 0.2) is 57.2 Å². The van der Waals surface area contributed by atoms with Gasteiger partial charge < -0.3 is 4.74 Å². The predicted molar refractivity (Wildman–Crippen MR) is 76.0 cm³/mol. The van der Waals surface area contributed by atoms with Crippen LogP contribution >= 0.6 is 15.9 Å². The molecule has 0 spiro atoms.